The first kappa shape index (κ1) is 26.4. The second-order valence-corrected chi connectivity index (χ2v) is 8.19. The lowest BCUT2D eigenvalue weighted by Gasteiger charge is -2.20. The third kappa shape index (κ3) is 12.7. The topological polar surface area (TPSA) is 133 Å². The number of hydrogen-bond acceptors (Lipinski definition) is 7. The molecule has 0 rings (SSSR count). The van der Waals surface area contributed by atoms with Gasteiger partial charge in [-0.25, -0.2) is 9.59 Å². The Bertz CT molecular complexity index is 566. The van der Waals surface area contributed by atoms with Crippen LogP contribution in [0.1, 0.15) is 58.8 Å². The first-order chi connectivity index (χ1) is 13.2. The van der Waals surface area contributed by atoms with Crippen molar-refractivity contribution in [2.24, 2.45) is 5.92 Å². The fraction of sp³-hybridized carbons (Fsp3) is 0.722. The normalized spacial score (nSPS) is 13.7. The second kappa shape index (κ2) is 15.3. The van der Waals surface area contributed by atoms with Crippen molar-refractivity contribution >= 4 is 46.2 Å². The van der Waals surface area contributed by atoms with Crippen molar-refractivity contribution < 1.29 is 29.4 Å². The molecular formula is C18H30N2O6S2. The third-order valence-corrected chi connectivity index (χ3v) is 5.21. The Hall–Kier alpha value is -1.64. The minimum atomic E-state index is -1.28. The molecule has 10 heteroatoms. The van der Waals surface area contributed by atoms with Gasteiger partial charge in [0.2, 0.25) is 5.91 Å². The summed E-state index contributed by atoms with van der Waals surface area (Å²) >= 11 is 4.11. The van der Waals surface area contributed by atoms with Gasteiger partial charge in [0.15, 0.2) is 0 Å². The molecule has 0 aromatic rings. The number of carbonyl (C=O) groups excluding carboxylic acids is 2. The molecule has 0 heterocycles. The molecule has 0 aliphatic heterocycles. The van der Waals surface area contributed by atoms with E-state index >= 15 is 0 Å². The molecule has 3 atom stereocenters. The van der Waals surface area contributed by atoms with Gasteiger partial charge in [0, 0.05) is 18.6 Å². The SMILES string of the molecule is C[C@H](CCCCC(=O)N[C@@H](C)C(=C=O)N[C@@H](CCC(=O)O)C(=O)O)CCSS. The largest absolute Gasteiger partial charge is 0.481 e. The van der Waals surface area contributed by atoms with Gasteiger partial charge in [-0.05, 0) is 32.1 Å². The minimum absolute atomic E-state index is 0.121. The Morgan fingerprint density at radius 2 is 1.71 bits per heavy atom. The Labute approximate surface area is 174 Å². The summed E-state index contributed by atoms with van der Waals surface area (Å²) in [5.41, 5.74) is -0.121. The summed E-state index contributed by atoms with van der Waals surface area (Å²) in [6.45, 7) is 3.71. The summed E-state index contributed by atoms with van der Waals surface area (Å²) < 4.78 is 0. The maximum absolute atomic E-state index is 12.0. The number of carboxylic acid groups (broad SMARTS) is 2. The fourth-order valence-corrected chi connectivity index (χ4v) is 3.34. The molecule has 4 N–H and O–H groups in total. The van der Waals surface area contributed by atoms with Crippen LogP contribution in [0.15, 0.2) is 5.70 Å². The first-order valence-corrected chi connectivity index (χ1v) is 11.3. The van der Waals surface area contributed by atoms with E-state index in [2.05, 4.69) is 29.2 Å². The van der Waals surface area contributed by atoms with Crippen LogP contribution in [-0.2, 0) is 19.2 Å². The zero-order chi connectivity index (χ0) is 21.5. The fourth-order valence-electron chi connectivity index (χ4n) is 2.52. The summed E-state index contributed by atoms with van der Waals surface area (Å²) in [7, 11) is 1.52. The van der Waals surface area contributed by atoms with Crippen LogP contribution >= 0.6 is 22.5 Å². The van der Waals surface area contributed by atoms with E-state index in [1.54, 1.807) is 12.9 Å². The number of hydrogen-bond donors (Lipinski definition) is 5. The van der Waals surface area contributed by atoms with Crippen LogP contribution in [0.25, 0.3) is 0 Å². The number of aliphatic carboxylic acids is 2. The summed E-state index contributed by atoms with van der Waals surface area (Å²) in [6.07, 6.45) is 3.52. The monoisotopic (exact) mass is 434 g/mol. The average Bonchev–Trinajstić information content (AvgIpc) is 2.63. The lowest BCUT2D eigenvalue weighted by atomic mass is 10.0. The van der Waals surface area contributed by atoms with Gasteiger partial charge >= 0.3 is 11.9 Å². The molecule has 0 radical (unpaired) electrons. The summed E-state index contributed by atoms with van der Waals surface area (Å²) in [4.78, 5) is 45.0. The molecule has 160 valence electrons. The van der Waals surface area contributed by atoms with Gasteiger partial charge in [0.25, 0.3) is 0 Å². The highest BCUT2D eigenvalue weighted by Gasteiger charge is 2.23. The Morgan fingerprint density at radius 1 is 1.04 bits per heavy atom. The lowest BCUT2D eigenvalue weighted by Crippen LogP contribution is -2.44. The van der Waals surface area contributed by atoms with Crippen LogP contribution < -0.4 is 10.6 Å². The summed E-state index contributed by atoms with van der Waals surface area (Å²) in [5.74, 6) is 0.530. The lowest BCUT2D eigenvalue weighted by molar-refractivity contribution is -0.140. The number of carbonyl (C=O) groups is 3. The van der Waals surface area contributed by atoms with Gasteiger partial charge < -0.3 is 20.8 Å². The highest BCUT2D eigenvalue weighted by Crippen LogP contribution is 2.17. The van der Waals surface area contributed by atoms with E-state index in [0.29, 0.717) is 12.3 Å². The maximum atomic E-state index is 12.0. The Balaban J connectivity index is 4.38. The highest BCUT2D eigenvalue weighted by atomic mass is 33.1. The standard InChI is InChI=1S/C18H30N2O6S2/c1-12(9-10-28-27)5-3-4-6-16(22)19-13(2)15(11-21)20-14(18(25)26)7-8-17(23)24/h12-14,20,27H,3-10H2,1-2H3,(H,19,22)(H,23,24)(H,25,26)/t12-,13+,14+/m1/s1. The molecule has 0 spiro atoms. The Morgan fingerprint density at radius 3 is 2.25 bits per heavy atom. The molecule has 0 aliphatic carbocycles. The van der Waals surface area contributed by atoms with Crippen LogP contribution in [0.3, 0.4) is 0 Å². The zero-order valence-corrected chi connectivity index (χ0v) is 18.0. The zero-order valence-electron chi connectivity index (χ0n) is 16.3. The number of carboxylic acids is 2. The van der Waals surface area contributed by atoms with Gasteiger partial charge in [-0.2, -0.15) is 0 Å². The van der Waals surface area contributed by atoms with Crippen LogP contribution in [0.2, 0.25) is 0 Å². The van der Waals surface area contributed by atoms with Crippen LogP contribution in [0, 0.1) is 5.92 Å². The predicted molar refractivity (Wildman–Crippen MR) is 112 cm³/mol. The summed E-state index contributed by atoms with van der Waals surface area (Å²) in [5, 5.41) is 22.9. The molecule has 0 aromatic carbocycles. The number of rotatable bonds is 16. The van der Waals surface area contributed by atoms with Gasteiger partial charge in [-0.3, -0.25) is 9.59 Å². The maximum Gasteiger partial charge on any atom is 0.326 e. The molecular weight excluding hydrogens is 404 g/mol. The van der Waals surface area contributed by atoms with Crippen LogP contribution in [0.4, 0.5) is 0 Å². The van der Waals surface area contributed by atoms with Gasteiger partial charge in [-0.1, -0.05) is 30.6 Å². The average molecular weight is 435 g/mol. The van der Waals surface area contributed by atoms with E-state index in [-0.39, 0.29) is 24.4 Å². The molecule has 0 aromatic heterocycles. The van der Waals surface area contributed by atoms with E-state index in [1.165, 1.54) is 10.8 Å². The second-order valence-electron chi connectivity index (χ2n) is 6.75. The van der Waals surface area contributed by atoms with Crippen molar-refractivity contribution in [3.05, 3.63) is 5.70 Å². The molecule has 0 saturated heterocycles. The van der Waals surface area contributed by atoms with Gasteiger partial charge in [0.1, 0.15) is 17.7 Å². The number of nitrogens with one attached hydrogen (secondary N) is 2. The quantitative estimate of drug-likeness (QED) is 0.108. The molecule has 1 amide bonds. The van der Waals surface area contributed by atoms with E-state index < -0.39 is 24.0 Å². The molecule has 0 saturated carbocycles. The van der Waals surface area contributed by atoms with E-state index in [0.717, 1.165) is 31.4 Å². The molecule has 0 unspecified atom stereocenters. The number of unbranched alkanes of at least 4 members (excludes halogenated alkanes) is 1. The van der Waals surface area contributed by atoms with Gasteiger partial charge in [-0.15, -0.1) is 11.7 Å². The van der Waals surface area contributed by atoms with Gasteiger partial charge in [0.05, 0.1) is 6.04 Å². The van der Waals surface area contributed by atoms with E-state index in [9.17, 15) is 19.2 Å². The van der Waals surface area contributed by atoms with Crippen molar-refractivity contribution in [3.63, 3.8) is 0 Å². The van der Waals surface area contributed by atoms with Crippen molar-refractivity contribution in [2.75, 3.05) is 5.75 Å². The molecule has 8 nitrogen and oxygen atoms in total. The van der Waals surface area contributed by atoms with Crippen molar-refractivity contribution in [1.82, 2.24) is 10.6 Å². The van der Waals surface area contributed by atoms with Crippen LogP contribution in [-0.4, -0.2) is 51.8 Å². The highest BCUT2D eigenvalue weighted by molar-refractivity contribution is 8.68. The molecule has 0 fully saturated rings. The Kier molecular flexibility index (Phi) is 14.4. The smallest absolute Gasteiger partial charge is 0.326 e. The van der Waals surface area contributed by atoms with E-state index in [1.807, 2.05) is 0 Å². The minimum Gasteiger partial charge on any atom is -0.481 e. The van der Waals surface area contributed by atoms with Crippen molar-refractivity contribution in [1.29, 1.82) is 0 Å². The molecule has 0 bridgehead atoms. The predicted octanol–water partition coefficient (Wildman–Crippen LogP) is 2.28. The van der Waals surface area contributed by atoms with E-state index in [4.69, 9.17) is 10.2 Å². The molecule has 28 heavy (non-hydrogen) atoms. The third-order valence-electron chi connectivity index (χ3n) is 4.25. The van der Waals surface area contributed by atoms with Crippen molar-refractivity contribution in [3.8, 4) is 0 Å². The van der Waals surface area contributed by atoms with Crippen molar-refractivity contribution in [2.45, 2.75) is 70.9 Å². The first-order valence-electron chi connectivity index (χ1n) is 9.23. The summed E-state index contributed by atoms with van der Waals surface area (Å²) in [6, 6.07) is -1.99. The molecule has 0 aliphatic rings. The number of amides is 1. The van der Waals surface area contributed by atoms with Crippen LogP contribution in [0.5, 0.6) is 0 Å². The number of thiol groups is 1.